The summed E-state index contributed by atoms with van der Waals surface area (Å²) in [5.41, 5.74) is 5.13. The first kappa shape index (κ1) is 16.9. The molecule has 0 aromatic heterocycles. The van der Waals surface area contributed by atoms with Crippen molar-refractivity contribution in [2.24, 2.45) is 0 Å². The number of carbonyl (C=O) groups excluding carboxylic acids is 1. The van der Waals surface area contributed by atoms with Crippen LogP contribution < -0.4 is 15.0 Å². The molecule has 0 aliphatic rings. The van der Waals surface area contributed by atoms with Crippen molar-refractivity contribution in [3.8, 4) is 5.75 Å². The van der Waals surface area contributed by atoms with Gasteiger partial charge >= 0.3 is 0 Å². The van der Waals surface area contributed by atoms with Gasteiger partial charge in [-0.15, -0.1) is 0 Å². The van der Waals surface area contributed by atoms with Gasteiger partial charge in [0.1, 0.15) is 5.75 Å². The Bertz CT molecular complexity index is 691. The molecule has 0 aliphatic heterocycles. The highest BCUT2D eigenvalue weighted by Crippen LogP contribution is 2.25. The fourth-order valence-electron chi connectivity index (χ4n) is 2.33. The summed E-state index contributed by atoms with van der Waals surface area (Å²) in [6.45, 7) is 6.03. The molecule has 0 heterocycles. The van der Waals surface area contributed by atoms with E-state index in [-0.39, 0.29) is 12.5 Å². The molecule has 0 bridgehead atoms. The van der Waals surface area contributed by atoms with E-state index in [2.05, 4.69) is 11.4 Å². The van der Waals surface area contributed by atoms with Crippen LogP contribution >= 0.6 is 0 Å². The lowest BCUT2D eigenvalue weighted by Gasteiger charge is -2.15. The van der Waals surface area contributed by atoms with Crippen molar-refractivity contribution in [2.45, 2.75) is 20.8 Å². The molecule has 2 aromatic carbocycles. The van der Waals surface area contributed by atoms with E-state index in [0.717, 1.165) is 33.8 Å². The van der Waals surface area contributed by atoms with Gasteiger partial charge in [0.05, 0.1) is 0 Å². The zero-order chi connectivity index (χ0) is 17.0. The summed E-state index contributed by atoms with van der Waals surface area (Å²) in [4.78, 5) is 14.1. The Morgan fingerprint density at radius 1 is 1.00 bits per heavy atom. The topological polar surface area (TPSA) is 41.6 Å². The number of anilines is 2. The van der Waals surface area contributed by atoms with E-state index < -0.39 is 0 Å². The monoisotopic (exact) mass is 312 g/mol. The van der Waals surface area contributed by atoms with Gasteiger partial charge in [0.2, 0.25) is 0 Å². The molecule has 2 rings (SSSR count). The summed E-state index contributed by atoms with van der Waals surface area (Å²) in [5.74, 6) is 0.631. The Labute approximate surface area is 138 Å². The van der Waals surface area contributed by atoms with Gasteiger partial charge in [-0.2, -0.15) is 0 Å². The van der Waals surface area contributed by atoms with Crippen LogP contribution in [0.5, 0.6) is 5.75 Å². The van der Waals surface area contributed by atoms with Crippen LogP contribution in [-0.4, -0.2) is 26.6 Å². The Morgan fingerprint density at radius 3 is 2.22 bits per heavy atom. The molecule has 0 saturated heterocycles. The Hall–Kier alpha value is -2.49. The van der Waals surface area contributed by atoms with Crippen LogP contribution in [0.3, 0.4) is 0 Å². The number of aryl methyl sites for hydroxylation is 2. The average Bonchev–Trinajstić information content (AvgIpc) is 2.51. The molecule has 4 heteroatoms. The summed E-state index contributed by atoms with van der Waals surface area (Å²) in [6, 6.07) is 11.8. The molecule has 1 N–H and O–H groups in total. The van der Waals surface area contributed by atoms with Crippen molar-refractivity contribution in [1.29, 1.82) is 0 Å². The van der Waals surface area contributed by atoms with Crippen LogP contribution in [-0.2, 0) is 4.79 Å². The van der Waals surface area contributed by atoms with Crippen molar-refractivity contribution in [1.82, 2.24) is 0 Å². The normalized spacial score (nSPS) is 10.3. The fraction of sp³-hybridized carbons (Fsp3) is 0.316. The number of ether oxygens (including phenoxy) is 1. The van der Waals surface area contributed by atoms with E-state index in [4.69, 9.17) is 4.74 Å². The molecular formula is C19H24N2O2. The van der Waals surface area contributed by atoms with Gasteiger partial charge in [0.15, 0.2) is 6.61 Å². The minimum Gasteiger partial charge on any atom is -0.483 e. The SMILES string of the molecule is Cc1ccc(C)c(OCC(=O)Nc2ccc(N(C)C)cc2)c1C. The Morgan fingerprint density at radius 2 is 1.61 bits per heavy atom. The maximum Gasteiger partial charge on any atom is 0.262 e. The summed E-state index contributed by atoms with van der Waals surface area (Å²) in [7, 11) is 3.96. The minimum atomic E-state index is -0.164. The average molecular weight is 312 g/mol. The number of carbonyl (C=O) groups is 1. The van der Waals surface area contributed by atoms with Crippen LogP contribution in [0, 0.1) is 20.8 Å². The van der Waals surface area contributed by atoms with E-state index in [0.29, 0.717) is 0 Å². The highest BCUT2D eigenvalue weighted by atomic mass is 16.5. The van der Waals surface area contributed by atoms with Crippen LogP contribution in [0.15, 0.2) is 36.4 Å². The number of benzene rings is 2. The van der Waals surface area contributed by atoms with Gasteiger partial charge in [-0.3, -0.25) is 4.79 Å². The maximum atomic E-state index is 12.1. The Balaban J connectivity index is 1.97. The smallest absolute Gasteiger partial charge is 0.262 e. The second-order valence-corrected chi connectivity index (χ2v) is 5.93. The van der Waals surface area contributed by atoms with Crippen molar-refractivity contribution >= 4 is 17.3 Å². The molecule has 0 spiro atoms. The van der Waals surface area contributed by atoms with Crippen molar-refractivity contribution in [3.63, 3.8) is 0 Å². The van der Waals surface area contributed by atoms with Gasteiger partial charge in [-0.25, -0.2) is 0 Å². The van der Waals surface area contributed by atoms with Gasteiger partial charge in [0.25, 0.3) is 5.91 Å². The summed E-state index contributed by atoms with van der Waals surface area (Å²) in [5, 5.41) is 2.85. The molecule has 122 valence electrons. The molecule has 4 nitrogen and oxygen atoms in total. The molecule has 23 heavy (non-hydrogen) atoms. The Kier molecular flexibility index (Phi) is 5.27. The summed E-state index contributed by atoms with van der Waals surface area (Å²) < 4.78 is 5.72. The molecule has 0 atom stereocenters. The molecule has 0 unspecified atom stereocenters. The molecule has 0 aliphatic carbocycles. The maximum absolute atomic E-state index is 12.1. The second kappa shape index (κ2) is 7.18. The third kappa shape index (κ3) is 4.25. The molecular weight excluding hydrogens is 288 g/mol. The third-order valence-corrected chi connectivity index (χ3v) is 3.89. The first-order chi connectivity index (χ1) is 10.9. The number of nitrogens with zero attached hydrogens (tertiary/aromatic N) is 1. The van der Waals surface area contributed by atoms with Gasteiger partial charge in [0, 0.05) is 25.5 Å². The fourth-order valence-corrected chi connectivity index (χ4v) is 2.33. The number of rotatable bonds is 5. The van der Waals surface area contributed by atoms with Gasteiger partial charge in [-0.05, 0) is 61.7 Å². The predicted molar refractivity (Wildman–Crippen MR) is 95.5 cm³/mol. The van der Waals surface area contributed by atoms with E-state index in [9.17, 15) is 4.79 Å². The zero-order valence-electron chi connectivity index (χ0n) is 14.4. The van der Waals surface area contributed by atoms with Crippen LogP contribution in [0.2, 0.25) is 0 Å². The largest absolute Gasteiger partial charge is 0.483 e. The molecule has 0 radical (unpaired) electrons. The van der Waals surface area contributed by atoms with E-state index in [1.165, 1.54) is 0 Å². The van der Waals surface area contributed by atoms with Crippen LogP contribution in [0.25, 0.3) is 0 Å². The number of nitrogens with one attached hydrogen (secondary N) is 1. The van der Waals surface area contributed by atoms with Gasteiger partial charge < -0.3 is 15.0 Å². The lowest BCUT2D eigenvalue weighted by Crippen LogP contribution is -2.20. The van der Waals surface area contributed by atoms with E-state index in [1.807, 2.05) is 70.1 Å². The van der Waals surface area contributed by atoms with Gasteiger partial charge in [-0.1, -0.05) is 12.1 Å². The van der Waals surface area contributed by atoms with Crippen LogP contribution in [0.4, 0.5) is 11.4 Å². The quantitative estimate of drug-likeness (QED) is 0.915. The van der Waals surface area contributed by atoms with Crippen molar-refractivity contribution in [3.05, 3.63) is 53.1 Å². The predicted octanol–water partition coefficient (Wildman–Crippen LogP) is 3.70. The number of hydrogen-bond donors (Lipinski definition) is 1. The zero-order valence-corrected chi connectivity index (χ0v) is 14.4. The van der Waals surface area contributed by atoms with Crippen molar-refractivity contribution in [2.75, 3.05) is 30.9 Å². The highest BCUT2D eigenvalue weighted by molar-refractivity contribution is 5.92. The first-order valence-electron chi connectivity index (χ1n) is 7.65. The van der Waals surface area contributed by atoms with Crippen LogP contribution in [0.1, 0.15) is 16.7 Å². The number of amides is 1. The van der Waals surface area contributed by atoms with E-state index >= 15 is 0 Å². The molecule has 1 amide bonds. The summed E-state index contributed by atoms with van der Waals surface area (Å²) >= 11 is 0. The van der Waals surface area contributed by atoms with E-state index in [1.54, 1.807) is 0 Å². The molecule has 0 fully saturated rings. The highest BCUT2D eigenvalue weighted by Gasteiger charge is 2.09. The minimum absolute atomic E-state index is 0.000561. The lowest BCUT2D eigenvalue weighted by atomic mass is 10.1. The first-order valence-corrected chi connectivity index (χ1v) is 7.65. The molecule has 0 saturated carbocycles. The third-order valence-electron chi connectivity index (χ3n) is 3.89. The van der Waals surface area contributed by atoms with Crippen molar-refractivity contribution < 1.29 is 9.53 Å². The summed E-state index contributed by atoms with van der Waals surface area (Å²) in [6.07, 6.45) is 0. The lowest BCUT2D eigenvalue weighted by molar-refractivity contribution is -0.118. The molecule has 2 aromatic rings. The number of hydrogen-bond acceptors (Lipinski definition) is 3. The standard InChI is InChI=1S/C19H24N2O2/c1-13-6-7-14(2)19(15(13)3)23-12-18(22)20-16-8-10-17(11-9-16)21(4)5/h6-11H,12H2,1-5H3,(H,20,22). The second-order valence-electron chi connectivity index (χ2n) is 5.93.